The second-order valence-corrected chi connectivity index (χ2v) is 7.94. The maximum absolute atomic E-state index is 13.4. The van der Waals surface area contributed by atoms with E-state index in [0.29, 0.717) is 5.16 Å². The number of halogens is 1. The van der Waals surface area contributed by atoms with Gasteiger partial charge in [-0.25, -0.2) is 4.39 Å². The van der Waals surface area contributed by atoms with Crippen molar-refractivity contribution in [2.24, 2.45) is 0 Å². The number of anilines is 1. The van der Waals surface area contributed by atoms with Crippen LogP contribution < -0.4 is 5.32 Å². The van der Waals surface area contributed by atoms with Crippen molar-refractivity contribution >= 4 is 23.4 Å². The van der Waals surface area contributed by atoms with E-state index < -0.39 is 0 Å². The quantitative estimate of drug-likeness (QED) is 0.592. The molecule has 0 radical (unpaired) electrons. The van der Waals surface area contributed by atoms with Gasteiger partial charge in [0.15, 0.2) is 11.0 Å². The number of nitrogens with one attached hydrogen (secondary N) is 1. The number of carbonyl (C=O) groups excluding carboxylic acids is 1. The van der Waals surface area contributed by atoms with Gasteiger partial charge in [0, 0.05) is 11.4 Å². The predicted molar refractivity (Wildman–Crippen MR) is 114 cm³/mol. The van der Waals surface area contributed by atoms with Crippen LogP contribution in [-0.2, 0) is 4.79 Å². The van der Waals surface area contributed by atoms with Gasteiger partial charge in [-0.3, -0.25) is 14.3 Å². The number of hydrogen-bond acceptors (Lipinski definition) is 5. The average Bonchev–Trinajstić information content (AvgIpc) is 3.12. The molecule has 3 aromatic rings. The largest absolute Gasteiger partial charge is 0.325 e. The van der Waals surface area contributed by atoms with Crippen LogP contribution in [0, 0.1) is 12.7 Å². The van der Waals surface area contributed by atoms with Crippen molar-refractivity contribution < 1.29 is 9.18 Å². The number of hydrogen-bond donors (Lipinski definition) is 1. The summed E-state index contributed by atoms with van der Waals surface area (Å²) < 4.78 is 15.3. The molecule has 8 heteroatoms. The van der Waals surface area contributed by atoms with E-state index in [4.69, 9.17) is 0 Å². The molecular weight excluding hydrogens is 389 g/mol. The molecule has 1 N–H and O–H groups in total. The first kappa shape index (κ1) is 21.0. The van der Waals surface area contributed by atoms with E-state index in [1.807, 2.05) is 61.7 Å². The van der Waals surface area contributed by atoms with Crippen LogP contribution >= 0.6 is 11.8 Å². The molecule has 0 fully saturated rings. The molecule has 1 atom stereocenters. The Balaban J connectivity index is 1.80. The third kappa shape index (κ3) is 5.21. The fourth-order valence-corrected chi connectivity index (χ4v) is 3.43. The number of aryl methyl sites for hydroxylation is 1. The van der Waals surface area contributed by atoms with Gasteiger partial charge in [-0.1, -0.05) is 29.5 Å². The Morgan fingerprint density at radius 1 is 1.14 bits per heavy atom. The summed E-state index contributed by atoms with van der Waals surface area (Å²) in [6.45, 7) is 4.01. The van der Waals surface area contributed by atoms with Crippen molar-refractivity contribution in [3.63, 3.8) is 0 Å². The average molecular weight is 414 g/mol. The summed E-state index contributed by atoms with van der Waals surface area (Å²) in [5.41, 5.74) is 2.64. The lowest BCUT2D eigenvalue weighted by Crippen LogP contribution is -2.21. The molecule has 0 unspecified atom stereocenters. The van der Waals surface area contributed by atoms with Gasteiger partial charge in [0.1, 0.15) is 5.82 Å². The number of rotatable bonds is 7. The standard InChI is InChI=1S/C21H24FN5OS/c1-14-5-9-17(10-6-14)23-19(28)13-29-21-25-24-20(15(2)26(3)4)27(21)18-11-7-16(22)8-12-18/h5-12,15H,13H2,1-4H3,(H,23,28)/t15-/m0/s1. The lowest BCUT2D eigenvalue weighted by Gasteiger charge is -2.20. The van der Waals surface area contributed by atoms with Crippen LogP contribution in [0.5, 0.6) is 0 Å². The highest BCUT2D eigenvalue weighted by Gasteiger charge is 2.21. The summed E-state index contributed by atoms with van der Waals surface area (Å²) in [6, 6.07) is 13.8. The van der Waals surface area contributed by atoms with E-state index in [0.717, 1.165) is 22.8 Å². The lowest BCUT2D eigenvalue weighted by molar-refractivity contribution is -0.113. The first-order valence-corrected chi connectivity index (χ1v) is 10.2. The summed E-state index contributed by atoms with van der Waals surface area (Å²) in [5, 5.41) is 12.1. The third-order valence-corrected chi connectivity index (χ3v) is 5.49. The molecule has 2 aromatic carbocycles. The van der Waals surface area contributed by atoms with Gasteiger partial charge < -0.3 is 5.32 Å². The van der Waals surface area contributed by atoms with Crippen molar-refractivity contribution in [1.82, 2.24) is 19.7 Å². The Morgan fingerprint density at radius 2 is 1.79 bits per heavy atom. The Kier molecular flexibility index (Phi) is 6.66. The molecule has 1 amide bonds. The monoisotopic (exact) mass is 413 g/mol. The molecule has 1 aromatic heterocycles. The van der Waals surface area contributed by atoms with Crippen molar-refractivity contribution in [2.45, 2.75) is 25.0 Å². The van der Waals surface area contributed by atoms with Crippen LogP contribution in [0.15, 0.2) is 53.7 Å². The Bertz CT molecular complexity index is 970. The minimum Gasteiger partial charge on any atom is -0.325 e. The summed E-state index contributed by atoms with van der Waals surface area (Å²) in [4.78, 5) is 14.4. The van der Waals surface area contributed by atoms with Crippen molar-refractivity contribution in [3.05, 3.63) is 65.7 Å². The molecule has 29 heavy (non-hydrogen) atoms. The second kappa shape index (κ2) is 9.19. The Labute approximate surface area is 174 Å². The smallest absolute Gasteiger partial charge is 0.234 e. The van der Waals surface area contributed by atoms with Gasteiger partial charge in [-0.2, -0.15) is 0 Å². The fourth-order valence-electron chi connectivity index (χ4n) is 2.67. The molecule has 0 bridgehead atoms. The van der Waals surface area contributed by atoms with Gasteiger partial charge in [0.05, 0.1) is 11.8 Å². The molecule has 0 aliphatic carbocycles. The van der Waals surface area contributed by atoms with Gasteiger partial charge in [0.2, 0.25) is 5.91 Å². The minimum absolute atomic E-state index is 0.0108. The van der Waals surface area contributed by atoms with E-state index >= 15 is 0 Å². The van der Waals surface area contributed by atoms with Crippen molar-refractivity contribution in [3.8, 4) is 5.69 Å². The van der Waals surface area contributed by atoms with Crippen LogP contribution in [0.3, 0.4) is 0 Å². The van der Waals surface area contributed by atoms with Crippen LogP contribution in [0.4, 0.5) is 10.1 Å². The van der Waals surface area contributed by atoms with Gasteiger partial charge in [0.25, 0.3) is 0 Å². The van der Waals surface area contributed by atoms with Crippen molar-refractivity contribution in [2.75, 3.05) is 25.2 Å². The highest BCUT2D eigenvalue weighted by Crippen LogP contribution is 2.27. The van der Waals surface area contributed by atoms with Crippen LogP contribution in [-0.4, -0.2) is 45.4 Å². The zero-order chi connectivity index (χ0) is 21.0. The zero-order valence-electron chi connectivity index (χ0n) is 16.9. The zero-order valence-corrected chi connectivity index (χ0v) is 17.7. The number of benzene rings is 2. The van der Waals surface area contributed by atoms with Crippen LogP contribution in [0.25, 0.3) is 5.69 Å². The number of carbonyl (C=O) groups is 1. The molecule has 0 spiro atoms. The molecule has 1 heterocycles. The van der Waals surface area contributed by atoms with E-state index in [1.54, 1.807) is 12.1 Å². The molecular formula is C21H24FN5OS. The number of thioether (sulfide) groups is 1. The van der Waals surface area contributed by atoms with E-state index in [1.165, 1.54) is 23.9 Å². The van der Waals surface area contributed by atoms with E-state index in [9.17, 15) is 9.18 Å². The van der Waals surface area contributed by atoms with Gasteiger partial charge in [-0.15, -0.1) is 10.2 Å². The number of nitrogens with zero attached hydrogens (tertiary/aromatic N) is 4. The summed E-state index contributed by atoms with van der Waals surface area (Å²) in [5.74, 6) is 0.470. The van der Waals surface area contributed by atoms with Crippen LogP contribution in [0.1, 0.15) is 24.4 Å². The third-order valence-electron chi connectivity index (χ3n) is 4.56. The SMILES string of the molecule is Cc1ccc(NC(=O)CSc2nnc([C@H](C)N(C)C)n2-c2ccc(F)cc2)cc1. The Hall–Kier alpha value is -2.71. The first-order valence-electron chi connectivity index (χ1n) is 9.22. The molecule has 0 aliphatic heterocycles. The highest BCUT2D eigenvalue weighted by atomic mass is 32.2. The number of aromatic nitrogens is 3. The second-order valence-electron chi connectivity index (χ2n) is 7.00. The predicted octanol–water partition coefficient (Wildman–Crippen LogP) is 4.07. The van der Waals surface area contributed by atoms with Crippen LogP contribution in [0.2, 0.25) is 0 Å². The summed E-state index contributed by atoms with van der Waals surface area (Å²) in [7, 11) is 3.91. The molecule has 0 saturated carbocycles. The van der Waals surface area contributed by atoms with Crippen molar-refractivity contribution in [1.29, 1.82) is 0 Å². The fraction of sp³-hybridized carbons (Fsp3) is 0.286. The molecule has 0 saturated heterocycles. The lowest BCUT2D eigenvalue weighted by atomic mass is 10.2. The molecule has 0 aliphatic rings. The van der Waals surface area contributed by atoms with E-state index in [2.05, 4.69) is 15.5 Å². The molecule has 3 rings (SSSR count). The Morgan fingerprint density at radius 3 is 2.41 bits per heavy atom. The topological polar surface area (TPSA) is 63.1 Å². The van der Waals surface area contributed by atoms with Gasteiger partial charge in [-0.05, 0) is 64.3 Å². The minimum atomic E-state index is -0.310. The first-order chi connectivity index (χ1) is 13.8. The van der Waals surface area contributed by atoms with E-state index in [-0.39, 0.29) is 23.5 Å². The maximum Gasteiger partial charge on any atom is 0.234 e. The normalized spacial score (nSPS) is 12.2. The molecule has 152 valence electrons. The maximum atomic E-state index is 13.4. The summed E-state index contributed by atoms with van der Waals surface area (Å²) >= 11 is 1.29. The summed E-state index contributed by atoms with van der Waals surface area (Å²) in [6.07, 6.45) is 0. The highest BCUT2D eigenvalue weighted by molar-refractivity contribution is 7.99. The van der Waals surface area contributed by atoms with Gasteiger partial charge >= 0.3 is 0 Å². The number of amides is 1. The molecule has 6 nitrogen and oxygen atoms in total.